The Morgan fingerprint density at radius 2 is 2.00 bits per heavy atom. The van der Waals surface area contributed by atoms with E-state index in [2.05, 4.69) is 0 Å². The van der Waals surface area contributed by atoms with E-state index in [1.807, 2.05) is 0 Å². The third-order valence-electron chi connectivity index (χ3n) is 2.37. The summed E-state index contributed by atoms with van der Waals surface area (Å²) < 4.78 is 15.4. The van der Waals surface area contributed by atoms with E-state index in [0.717, 1.165) is 0 Å². The molecular formula is C11H10O6. The lowest BCUT2D eigenvalue weighted by Crippen LogP contribution is -2.15. The molecule has 1 aliphatic rings. The number of methoxy groups -OCH3 is 1. The van der Waals surface area contributed by atoms with E-state index in [1.165, 1.54) is 7.11 Å². The van der Waals surface area contributed by atoms with Gasteiger partial charge in [0.1, 0.15) is 5.75 Å². The number of aliphatic carboxylic acids is 1. The summed E-state index contributed by atoms with van der Waals surface area (Å²) in [5.41, 5.74) is 0.462. The van der Waals surface area contributed by atoms with Crippen molar-refractivity contribution in [3.63, 3.8) is 0 Å². The molecular weight excluding hydrogens is 228 g/mol. The summed E-state index contributed by atoms with van der Waals surface area (Å²) >= 11 is 0. The van der Waals surface area contributed by atoms with Crippen LogP contribution in [0.4, 0.5) is 0 Å². The predicted octanol–water partition coefficient (Wildman–Crippen LogP) is 0.620. The van der Waals surface area contributed by atoms with Gasteiger partial charge in [-0.3, -0.25) is 4.79 Å². The maximum Gasteiger partial charge on any atom is 0.372 e. The molecule has 1 N–H and O–H groups in total. The Kier molecular flexibility index (Phi) is 2.86. The SMILES string of the molecule is COc1cc2c(cc1CC(=O)C(=O)O)OCO2. The lowest BCUT2D eigenvalue weighted by molar-refractivity contribution is -0.148. The van der Waals surface area contributed by atoms with Crippen LogP contribution in [0.2, 0.25) is 0 Å². The van der Waals surface area contributed by atoms with Gasteiger partial charge in [0.05, 0.1) is 7.11 Å². The second-order valence-electron chi connectivity index (χ2n) is 3.42. The summed E-state index contributed by atoms with van der Waals surface area (Å²) in [4.78, 5) is 21.6. The summed E-state index contributed by atoms with van der Waals surface area (Å²) in [5.74, 6) is -0.955. The zero-order valence-electron chi connectivity index (χ0n) is 9.06. The first-order valence-corrected chi connectivity index (χ1v) is 4.84. The number of rotatable bonds is 4. The van der Waals surface area contributed by atoms with Crippen molar-refractivity contribution in [3.05, 3.63) is 17.7 Å². The molecule has 1 aromatic carbocycles. The van der Waals surface area contributed by atoms with Crippen LogP contribution in [0.1, 0.15) is 5.56 Å². The predicted molar refractivity (Wildman–Crippen MR) is 55.5 cm³/mol. The molecule has 0 bridgehead atoms. The largest absolute Gasteiger partial charge is 0.496 e. The van der Waals surface area contributed by atoms with Gasteiger partial charge in [-0.1, -0.05) is 0 Å². The number of carboxylic acids is 1. The van der Waals surface area contributed by atoms with Gasteiger partial charge < -0.3 is 19.3 Å². The molecule has 0 amide bonds. The van der Waals surface area contributed by atoms with Crippen molar-refractivity contribution in [1.82, 2.24) is 0 Å². The number of carbonyl (C=O) groups excluding carboxylic acids is 1. The van der Waals surface area contributed by atoms with Gasteiger partial charge in [-0.25, -0.2) is 4.79 Å². The van der Waals surface area contributed by atoms with Gasteiger partial charge in [0.2, 0.25) is 12.6 Å². The first-order chi connectivity index (χ1) is 8.11. The molecule has 6 heteroatoms. The maximum atomic E-state index is 11.2. The first kappa shape index (κ1) is 11.3. The average Bonchev–Trinajstić information content (AvgIpc) is 2.74. The van der Waals surface area contributed by atoms with Gasteiger partial charge >= 0.3 is 5.97 Å². The van der Waals surface area contributed by atoms with Crippen LogP contribution >= 0.6 is 0 Å². The van der Waals surface area contributed by atoms with Crippen LogP contribution in [-0.4, -0.2) is 30.8 Å². The Balaban J connectivity index is 2.32. The van der Waals surface area contributed by atoms with Crippen LogP contribution in [0.5, 0.6) is 17.2 Å². The minimum atomic E-state index is -1.47. The van der Waals surface area contributed by atoms with Crippen LogP contribution < -0.4 is 14.2 Å². The first-order valence-electron chi connectivity index (χ1n) is 4.84. The number of carbonyl (C=O) groups is 2. The minimum Gasteiger partial charge on any atom is -0.496 e. The van der Waals surface area contributed by atoms with Crippen molar-refractivity contribution in [1.29, 1.82) is 0 Å². The van der Waals surface area contributed by atoms with E-state index in [1.54, 1.807) is 12.1 Å². The second kappa shape index (κ2) is 4.32. The number of Topliss-reactive ketones (excluding diaryl/α,β-unsaturated/α-hetero) is 1. The number of ketones is 1. The quantitative estimate of drug-likeness (QED) is 0.774. The normalized spacial score (nSPS) is 12.3. The molecule has 90 valence electrons. The van der Waals surface area contributed by atoms with Gasteiger partial charge in [0, 0.05) is 18.1 Å². The minimum absolute atomic E-state index is 0.106. The maximum absolute atomic E-state index is 11.2. The lowest BCUT2D eigenvalue weighted by atomic mass is 10.1. The Labute approximate surface area is 96.7 Å². The van der Waals surface area contributed by atoms with Crippen molar-refractivity contribution >= 4 is 11.8 Å². The Morgan fingerprint density at radius 3 is 2.59 bits per heavy atom. The Morgan fingerprint density at radius 1 is 1.35 bits per heavy atom. The van der Waals surface area contributed by atoms with E-state index < -0.39 is 11.8 Å². The molecule has 1 heterocycles. The molecule has 0 fully saturated rings. The zero-order chi connectivity index (χ0) is 12.4. The third-order valence-corrected chi connectivity index (χ3v) is 2.37. The lowest BCUT2D eigenvalue weighted by Gasteiger charge is -2.08. The van der Waals surface area contributed by atoms with Crippen molar-refractivity contribution in [2.45, 2.75) is 6.42 Å². The molecule has 0 saturated carbocycles. The van der Waals surface area contributed by atoms with E-state index in [-0.39, 0.29) is 13.2 Å². The van der Waals surface area contributed by atoms with E-state index >= 15 is 0 Å². The molecule has 0 spiro atoms. The molecule has 0 atom stereocenters. The fourth-order valence-corrected chi connectivity index (χ4v) is 1.54. The number of benzene rings is 1. The van der Waals surface area contributed by atoms with Gasteiger partial charge in [0.15, 0.2) is 11.5 Å². The van der Waals surface area contributed by atoms with Gasteiger partial charge in [-0.15, -0.1) is 0 Å². The fourth-order valence-electron chi connectivity index (χ4n) is 1.54. The monoisotopic (exact) mass is 238 g/mol. The average molecular weight is 238 g/mol. The summed E-state index contributed by atoms with van der Waals surface area (Å²) in [6.07, 6.45) is -0.241. The molecule has 1 aliphatic heterocycles. The smallest absolute Gasteiger partial charge is 0.372 e. The standard InChI is InChI=1S/C11H10O6/c1-15-8-4-10-9(16-5-17-10)3-6(8)2-7(12)11(13)14/h3-4H,2,5H2,1H3,(H,13,14). The van der Waals surface area contributed by atoms with Gasteiger partial charge in [-0.05, 0) is 6.07 Å². The highest BCUT2D eigenvalue weighted by Gasteiger charge is 2.21. The highest BCUT2D eigenvalue weighted by Crippen LogP contribution is 2.38. The summed E-state index contributed by atoms with van der Waals surface area (Å²) in [6.45, 7) is 0.106. The third kappa shape index (κ3) is 2.15. The topological polar surface area (TPSA) is 82.1 Å². The number of hydrogen-bond donors (Lipinski definition) is 1. The number of fused-ring (bicyclic) bond motifs is 1. The summed E-state index contributed by atoms with van der Waals surface area (Å²) in [5, 5.41) is 8.55. The molecule has 0 aromatic heterocycles. The van der Waals surface area contributed by atoms with E-state index in [9.17, 15) is 9.59 Å². The molecule has 0 radical (unpaired) electrons. The number of carboxylic acid groups (broad SMARTS) is 1. The molecule has 1 aromatic rings. The van der Waals surface area contributed by atoms with Crippen molar-refractivity contribution in [3.8, 4) is 17.2 Å². The summed E-state index contributed by atoms with van der Waals surface area (Å²) in [7, 11) is 1.44. The summed E-state index contributed by atoms with van der Waals surface area (Å²) in [6, 6.07) is 3.13. The molecule has 2 rings (SSSR count). The molecule has 0 unspecified atom stereocenters. The Hall–Kier alpha value is -2.24. The molecule has 17 heavy (non-hydrogen) atoms. The number of hydrogen-bond acceptors (Lipinski definition) is 5. The van der Waals surface area contributed by atoms with Gasteiger partial charge in [0.25, 0.3) is 0 Å². The Bertz CT molecular complexity index is 479. The highest BCUT2D eigenvalue weighted by atomic mass is 16.7. The second-order valence-corrected chi connectivity index (χ2v) is 3.42. The zero-order valence-corrected chi connectivity index (χ0v) is 9.06. The van der Waals surface area contributed by atoms with Gasteiger partial charge in [-0.2, -0.15) is 0 Å². The van der Waals surface area contributed by atoms with Crippen LogP contribution in [-0.2, 0) is 16.0 Å². The van der Waals surface area contributed by atoms with E-state index in [0.29, 0.717) is 22.8 Å². The fraction of sp³-hybridized carbons (Fsp3) is 0.273. The van der Waals surface area contributed by atoms with Crippen LogP contribution in [0, 0.1) is 0 Å². The molecule has 0 aliphatic carbocycles. The van der Waals surface area contributed by atoms with Crippen molar-refractivity contribution in [2.24, 2.45) is 0 Å². The van der Waals surface area contributed by atoms with Crippen LogP contribution in [0.15, 0.2) is 12.1 Å². The molecule has 6 nitrogen and oxygen atoms in total. The van der Waals surface area contributed by atoms with Crippen LogP contribution in [0.3, 0.4) is 0 Å². The molecule has 0 saturated heterocycles. The van der Waals surface area contributed by atoms with Crippen molar-refractivity contribution < 1.29 is 28.9 Å². The number of ether oxygens (including phenoxy) is 3. The van der Waals surface area contributed by atoms with E-state index in [4.69, 9.17) is 19.3 Å². The van der Waals surface area contributed by atoms with Crippen LogP contribution in [0.25, 0.3) is 0 Å². The highest BCUT2D eigenvalue weighted by molar-refractivity contribution is 6.33. The van der Waals surface area contributed by atoms with Crippen molar-refractivity contribution in [2.75, 3.05) is 13.9 Å².